The van der Waals surface area contributed by atoms with Gasteiger partial charge in [0.1, 0.15) is 17.1 Å². The van der Waals surface area contributed by atoms with Crippen LogP contribution < -0.4 is 5.32 Å². The van der Waals surface area contributed by atoms with Crippen LogP contribution in [-0.2, 0) is 9.53 Å². The van der Waals surface area contributed by atoms with Crippen molar-refractivity contribution in [3.63, 3.8) is 0 Å². The molecule has 1 aromatic carbocycles. The van der Waals surface area contributed by atoms with Gasteiger partial charge < -0.3 is 4.74 Å². The molecule has 0 radical (unpaired) electrons. The lowest BCUT2D eigenvalue weighted by molar-refractivity contribution is 0.0636. The Hall–Kier alpha value is -2.20. The average molecular weight is 252 g/mol. The SMILES string of the molecule is CC(C)(C)OC(=O)Nc1ccc(F)c(N=C=O)c1. The minimum atomic E-state index is -0.673. The predicted octanol–water partition coefficient (Wildman–Crippen LogP) is 3.14. The van der Waals surface area contributed by atoms with Gasteiger partial charge in [-0.25, -0.2) is 14.0 Å². The van der Waals surface area contributed by atoms with E-state index in [1.165, 1.54) is 18.2 Å². The third kappa shape index (κ3) is 4.35. The average Bonchev–Trinajstić information content (AvgIpc) is 2.20. The Bertz CT molecular complexity index is 503. The number of carbonyl (C=O) groups is 1. The molecule has 1 rings (SSSR count). The summed E-state index contributed by atoms with van der Waals surface area (Å²) >= 11 is 0. The standard InChI is InChI=1S/C12H13FN2O3/c1-12(2,3)18-11(17)15-8-4-5-9(13)10(6-8)14-7-16/h4-6H,1-3H3,(H,15,17). The van der Waals surface area contributed by atoms with Gasteiger partial charge in [0.15, 0.2) is 0 Å². The maximum atomic E-state index is 13.1. The van der Waals surface area contributed by atoms with Gasteiger partial charge in [0, 0.05) is 5.69 Å². The van der Waals surface area contributed by atoms with Crippen molar-refractivity contribution < 1.29 is 18.7 Å². The van der Waals surface area contributed by atoms with E-state index in [1.807, 2.05) is 0 Å². The molecule has 1 N–H and O–H groups in total. The van der Waals surface area contributed by atoms with E-state index in [-0.39, 0.29) is 11.4 Å². The van der Waals surface area contributed by atoms with Crippen LogP contribution in [0.1, 0.15) is 20.8 Å². The van der Waals surface area contributed by atoms with Crippen LogP contribution >= 0.6 is 0 Å². The third-order valence-corrected chi connectivity index (χ3v) is 1.76. The summed E-state index contributed by atoms with van der Waals surface area (Å²) in [6.07, 6.45) is 0.563. The quantitative estimate of drug-likeness (QED) is 0.649. The Balaban J connectivity index is 2.83. The highest BCUT2D eigenvalue weighted by Crippen LogP contribution is 2.22. The summed E-state index contributed by atoms with van der Waals surface area (Å²) < 4.78 is 18.2. The van der Waals surface area contributed by atoms with Gasteiger partial charge in [-0.3, -0.25) is 5.32 Å². The molecular weight excluding hydrogens is 239 g/mol. The number of nitrogens with one attached hydrogen (secondary N) is 1. The zero-order valence-corrected chi connectivity index (χ0v) is 10.3. The van der Waals surface area contributed by atoms with Gasteiger partial charge in [-0.15, -0.1) is 0 Å². The molecule has 6 heteroatoms. The van der Waals surface area contributed by atoms with Gasteiger partial charge in [0.05, 0.1) is 0 Å². The summed E-state index contributed by atoms with van der Waals surface area (Å²) in [5.74, 6) is -0.673. The number of carbonyl (C=O) groups excluding carboxylic acids is 2. The number of anilines is 1. The molecule has 1 amide bonds. The summed E-state index contributed by atoms with van der Waals surface area (Å²) in [6, 6.07) is 3.64. The first-order valence-corrected chi connectivity index (χ1v) is 5.19. The Morgan fingerprint density at radius 3 is 2.67 bits per heavy atom. The molecule has 0 fully saturated rings. The number of rotatable bonds is 2. The molecule has 0 saturated carbocycles. The van der Waals surface area contributed by atoms with E-state index >= 15 is 0 Å². The number of hydrogen-bond acceptors (Lipinski definition) is 4. The molecule has 18 heavy (non-hydrogen) atoms. The second kappa shape index (κ2) is 5.42. The number of nitrogens with zero attached hydrogens (tertiary/aromatic N) is 1. The van der Waals surface area contributed by atoms with Crippen LogP contribution in [0.15, 0.2) is 23.2 Å². The lowest BCUT2D eigenvalue weighted by atomic mass is 10.2. The molecule has 0 aliphatic rings. The van der Waals surface area contributed by atoms with Crippen molar-refractivity contribution in [1.82, 2.24) is 0 Å². The van der Waals surface area contributed by atoms with E-state index in [9.17, 15) is 14.0 Å². The van der Waals surface area contributed by atoms with Crippen molar-refractivity contribution in [1.29, 1.82) is 0 Å². The van der Waals surface area contributed by atoms with Crippen LogP contribution in [0, 0.1) is 5.82 Å². The monoisotopic (exact) mass is 252 g/mol. The highest BCUT2D eigenvalue weighted by atomic mass is 19.1. The fourth-order valence-corrected chi connectivity index (χ4v) is 1.15. The van der Waals surface area contributed by atoms with Crippen LogP contribution in [0.4, 0.5) is 20.6 Å². The van der Waals surface area contributed by atoms with Gasteiger partial charge in [-0.1, -0.05) is 0 Å². The predicted molar refractivity (Wildman–Crippen MR) is 64.0 cm³/mol. The molecule has 0 aliphatic heterocycles. The molecule has 0 saturated heterocycles. The molecule has 0 spiro atoms. The van der Waals surface area contributed by atoms with Crippen molar-refractivity contribution in [3.8, 4) is 0 Å². The van der Waals surface area contributed by atoms with Crippen molar-refractivity contribution >= 4 is 23.5 Å². The summed E-state index contributed by atoms with van der Waals surface area (Å²) in [7, 11) is 0. The number of halogens is 1. The zero-order valence-electron chi connectivity index (χ0n) is 10.3. The molecule has 0 aliphatic carbocycles. The topological polar surface area (TPSA) is 67.8 Å². The molecule has 0 heterocycles. The fraction of sp³-hybridized carbons (Fsp3) is 0.333. The highest BCUT2D eigenvalue weighted by Gasteiger charge is 2.16. The van der Waals surface area contributed by atoms with E-state index in [2.05, 4.69) is 10.3 Å². The lowest BCUT2D eigenvalue weighted by Crippen LogP contribution is -2.27. The minimum Gasteiger partial charge on any atom is -0.444 e. The van der Waals surface area contributed by atoms with Crippen LogP contribution in [0.5, 0.6) is 0 Å². The highest BCUT2D eigenvalue weighted by molar-refractivity contribution is 5.85. The van der Waals surface area contributed by atoms with Crippen molar-refractivity contribution in [2.75, 3.05) is 5.32 Å². The smallest absolute Gasteiger partial charge is 0.412 e. The number of hydrogen-bond donors (Lipinski definition) is 1. The van der Waals surface area contributed by atoms with Crippen molar-refractivity contribution in [2.24, 2.45) is 4.99 Å². The Kier molecular flexibility index (Phi) is 4.18. The number of isocyanates is 1. The van der Waals surface area contributed by atoms with Gasteiger partial charge in [0.2, 0.25) is 6.08 Å². The second-order valence-corrected chi connectivity index (χ2v) is 4.50. The first-order chi connectivity index (χ1) is 8.31. The Morgan fingerprint density at radius 1 is 1.44 bits per heavy atom. The largest absolute Gasteiger partial charge is 0.444 e. The van der Waals surface area contributed by atoms with Gasteiger partial charge in [-0.2, -0.15) is 4.99 Å². The van der Waals surface area contributed by atoms with Crippen molar-refractivity contribution in [2.45, 2.75) is 26.4 Å². The lowest BCUT2D eigenvalue weighted by Gasteiger charge is -2.19. The van der Waals surface area contributed by atoms with E-state index in [4.69, 9.17) is 4.74 Å². The Labute approximate surface area is 104 Å². The molecule has 0 bridgehead atoms. The molecule has 1 aromatic rings. The fourth-order valence-electron chi connectivity index (χ4n) is 1.15. The van der Waals surface area contributed by atoms with Crippen LogP contribution in [0.2, 0.25) is 0 Å². The molecule has 5 nitrogen and oxygen atoms in total. The molecule has 0 unspecified atom stereocenters. The first-order valence-electron chi connectivity index (χ1n) is 5.19. The van der Waals surface area contributed by atoms with E-state index < -0.39 is 17.5 Å². The summed E-state index contributed by atoms with van der Waals surface area (Å²) in [5, 5.41) is 2.41. The van der Waals surface area contributed by atoms with Crippen LogP contribution in [-0.4, -0.2) is 17.8 Å². The number of benzene rings is 1. The summed E-state index contributed by atoms with van der Waals surface area (Å²) in [4.78, 5) is 24.7. The van der Waals surface area contributed by atoms with E-state index in [0.29, 0.717) is 0 Å². The number of amides is 1. The van der Waals surface area contributed by atoms with Crippen molar-refractivity contribution in [3.05, 3.63) is 24.0 Å². The second-order valence-electron chi connectivity index (χ2n) is 4.50. The molecular formula is C12H13FN2O3. The van der Waals surface area contributed by atoms with Crippen LogP contribution in [0.25, 0.3) is 0 Å². The molecule has 0 atom stereocenters. The number of ether oxygens (including phenoxy) is 1. The maximum absolute atomic E-state index is 13.1. The van der Waals surface area contributed by atoms with Crippen LogP contribution in [0.3, 0.4) is 0 Å². The first kappa shape index (κ1) is 13.9. The molecule has 96 valence electrons. The third-order valence-electron chi connectivity index (χ3n) is 1.76. The van der Waals surface area contributed by atoms with Gasteiger partial charge in [0.25, 0.3) is 0 Å². The maximum Gasteiger partial charge on any atom is 0.412 e. The van der Waals surface area contributed by atoms with Gasteiger partial charge in [-0.05, 0) is 39.0 Å². The number of aliphatic imine (C=N–C) groups is 1. The Morgan fingerprint density at radius 2 is 2.11 bits per heavy atom. The minimum absolute atomic E-state index is 0.196. The van der Waals surface area contributed by atoms with E-state index in [1.54, 1.807) is 20.8 Å². The normalized spacial score (nSPS) is 10.4. The summed E-state index contributed by atoms with van der Waals surface area (Å²) in [6.45, 7) is 5.16. The van der Waals surface area contributed by atoms with Gasteiger partial charge >= 0.3 is 6.09 Å². The van der Waals surface area contributed by atoms with E-state index in [0.717, 1.165) is 6.07 Å². The zero-order chi connectivity index (χ0) is 13.8. The summed E-state index contributed by atoms with van der Waals surface area (Å²) in [5.41, 5.74) is -0.549. The molecule has 0 aromatic heterocycles.